The molecule has 1 unspecified atom stereocenters. The molecule has 0 amide bonds. The molecule has 0 aliphatic heterocycles. The molecule has 68 valence electrons. The molecule has 0 saturated carbocycles. The van der Waals surface area contributed by atoms with E-state index in [1.54, 1.807) is 18.2 Å². The number of aliphatic hydroxyl groups is 1. The summed E-state index contributed by atoms with van der Waals surface area (Å²) in [4.78, 5) is 0. The number of benzene rings is 1. The largest absolute Gasteiger partial charge is 0.384 e. The average molecular weight is 174 g/mol. The van der Waals surface area contributed by atoms with E-state index in [0.29, 0.717) is 0 Å². The van der Waals surface area contributed by atoms with E-state index >= 15 is 0 Å². The van der Waals surface area contributed by atoms with E-state index in [9.17, 15) is 5.11 Å². The third-order valence-corrected chi connectivity index (χ3v) is 1.85. The number of aliphatic hydroxyl groups excluding tert-OH is 1. The van der Waals surface area contributed by atoms with Crippen molar-refractivity contribution in [2.24, 2.45) is 0 Å². The van der Waals surface area contributed by atoms with Crippen LogP contribution in [0.1, 0.15) is 17.2 Å². The molecule has 1 N–H and O–H groups in total. The van der Waals surface area contributed by atoms with Crippen LogP contribution in [0.25, 0.3) is 0 Å². The van der Waals surface area contributed by atoms with Gasteiger partial charge in [-0.05, 0) is 12.5 Å². The van der Waals surface area contributed by atoms with Crippen molar-refractivity contribution in [3.05, 3.63) is 60.2 Å². The van der Waals surface area contributed by atoms with Crippen LogP contribution in [0.2, 0.25) is 0 Å². The minimum absolute atomic E-state index is 0.529. The SMILES string of the molecule is C=CC=CC(O)c1ccc(C)cc1. The van der Waals surface area contributed by atoms with Crippen LogP contribution in [0.3, 0.4) is 0 Å². The zero-order valence-corrected chi connectivity index (χ0v) is 7.77. The standard InChI is InChI=1S/C12H14O/c1-3-4-5-12(13)11-8-6-10(2)7-9-11/h3-9,12-13H,1H2,2H3. The van der Waals surface area contributed by atoms with Crippen LogP contribution in [0.5, 0.6) is 0 Å². The van der Waals surface area contributed by atoms with Crippen LogP contribution in [0, 0.1) is 6.92 Å². The molecular formula is C12H14O. The average Bonchev–Trinajstić information content (AvgIpc) is 2.15. The Morgan fingerprint density at radius 3 is 2.46 bits per heavy atom. The summed E-state index contributed by atoms with van der Waals surface area (Å²) >= 11 is 0. The zero-order valence-electron chi connectivity index (χ0n) is 7.77. The predicted molar refractivity (Wildman–Crippen MR) is 55.5 cm³/mol. The molecule has 1 atom stereocenters. The Morgan fingerprint density at radius 2 is 1.92 bits per heavy atom. The molecule has 0 aliphatic carbocycles. The summed E-state index contributed by atoms with van der Waals surface area (Å²) in [5, 5.41) is 9.61. The van der Waals surface area contributed by atoms with E-state index in [0.717, 1.165) is 5.56 Å². The highest BCUT2D eigenvalue weighted by atomic mass is 16.3. The Hall–Kier alpha value is -1.34. The molecule has 0 fully saturated rings. The lowest BCUT2D eigenvalue weighted by molar-refractivity contribution is 0.228. The molecule has 0 bridgehead atoms. The first-order valence-corrected chi connectivity index (χ1v) is 4.28. The number of hydrogen-bond donors (Lipinski definition) is 1. The summed E-state index contributed by atoms with van der Waals surface area (Å²) in [6.45, 7) is 5.57. The Labute approximate surface area is 79.0 Å². The van der Waals surface area contributed by atoms with E-state index < -0.39 is 6.10 Å². The summed E-state index contributed by atoms with van der Waals surface area (Å²) in [7, 11) is 0. The predicted octanol–water partition coefficient (Wildman–Crippen LogP) is 2.77. The van der Waals surface area contributed by atoms with Gasteiger partial charge in [-0.2, -0.15) is 0 Å². The minimum atomic E-state index is -0.529. The van der Waals surface area contributed by atoms with Gasteiger partial charge in [0.2, 0.25) is 0 Å². The van der Waals surface area contributed by atoms with Crippen molar-refractivity contribution in [2.75, 3.05) is 0 Å². The fourth-order valence-corrected chi connectivity index (χ4v) is 1.06. The number of allylic oxidation sites excluding steroid dienone is 2. The van der Waals surface area contributed by atoms with Gasteiger partial charge in [0, 0.05) is 0 Å². The lowest BCUT2D eigenvalue weighted by Gasteiger charge is -2.05. The molecule has 0 spiro atoms. The van der Waals surface area contributed by atoms with Gasteiger partial charge >= 0.3 is 0 Å². The molecule has 1 aromatic rings. The van der Waals surface area contributed by atoms with Crippen molar-refractivity contribution < 1.29 is 5.11 Å². The van der Waals surface area contributed by atoms with Crippen molar-refractivity contribution in [1.82, 2.24) is 0 Å². The van der Waals surface area contributed by atoms with Crippen LogP contribution in [0.15, 0.2) is 49.1 Å². The molecule has 1 heteroatoms. The summed E-state index contributed by atoms with van der Waals surface area (Å²) in [6.07, 6.45) is 4.57. The highest BCUT2D eigenvalue weighted by molar-refractivity contribution is 5.25. The topological polar surface area (TPSA) is 20.2 Å². The van der Waals surface area contributed by atoms with Gasteiger partial charge in [-0.1, -0.05) is 54.6 Å². The van der Waals surface area contributed by atoms with Gasteiger partial charge in [0.15, 0.2) is 0 Å². The van der Waals surface area contributed by atoms with Crippen molar-refractivity contribution >= 4 is 0 Å². The molecular weight excluding hydrogens is 160 g/mol. The second-order valence-corrected chi connectivity index (χ2v) is 2.98. The van der Waals surface area contributed by atoms with E-state index in [1.807, 2.05) is 31.2 Å². The monoisotopic (exact) mass is 174 g/mol. The van der Waals surface area contributed by atoms with Crippen molar-refractivity contribution in [1.29, 1.82) is 0 Å². The highest BCUT2D eigenvalue weighted by Gasteiger charge is 2.00. The van der Waals surface area contributed by atoms with Gasteiger partial charge in [-0.3, -0.25) is 0 Å². The highest BCUT2D eigenvalue weighted by Crippen LogP contribution is 2.14. The molecule has 0 radical (unpaired) electrons. The summed E-state index contributed by atoms with van der Waals surface area (Å²) in [5.74, 6) is 0. The summed E-state index contributed by atoms with van der Waals surface area (Å²) < 4.78 is 0. The van der Waals surface area contributed by atoms with Crippen molar-refractivity contribution in [3.63, 3.8) is 0 Å². The van der Waals surface area contributed by atoms with Gasteiger partial charge in [-0.25, -0.2) is 0 Å². The fraction of sp³-hybridized carbons (Fsp3) is 0.167. The fourth-order valence-electron chi connectivity index (χ4n) is 1.06. The van der Waals surface area contributed by atoms with Gasteiger partial charge < -0.3 is 5.11 Å². The maximum atomic E-state index is 9.61. The third kappa shape index (κ3) is 2.88. The first-order valence-electron chi connectivity index (χ1n) is 4.28. The Kier molecular flexibility index (Phi) is 3.47. The first-order chi connectivity index (χ1) is 6.24. The lowest BCUT2D eigenvalue weighted by Crippen LogP contribution is -1.92. The minimum Gasteiger partial charge on any atom is -0.384 e. The second kappa shape index (κ2) is 4.63. The zero-order chi connectivity index (χ0) is 9.68. The lowest BCUT2D eigenvalue weighted by atomic mass is 10.1. The van der Waals surface area contributed by atoms with Gasteiger partial charge in [0.05, 0.1) is 6.10 Å². The maximum absolute atomic E-state index is 9.61. The molecule has 1 nitrogen and oxygen atoms in total. The second-order valence-electron chi connectivity index (χ2n) is 2.98. The van der Waals surface area contributed by atoms with Crippen LogP contribution >= 0.6 is 0 Å². The number of rotatable bonds is 3. The van der Waals surface area contributed by atoms with E-state index in [-0.39, 0.29) is 0 Å². The number of hydrogen-bond acceptors (Lipinski definition) is 1. The van der Waals surface area contributed by atoms with E-state index in [2.05, 4.69) is 6.58 Å². The Bertz CT molecular complexity index is 295. The molecule has 13 heavy (non-hydrogen) atoms. The first kappa shape index (κ1) is 9.75. The molecule has 1 rings (SSSR count). The van der Waals surface area contributed by atoms with Gasteiger partial charge in [-0.15, -0.1) is 0 Å². The van der Waals surface area contributed by atoms with Crippen LogP contribution in [-0.4, -0.2) is 5.11 Å². The van der Waals surface area contributed by atoms with Gasteiger partial charge in [0.1, 0.15) is 0 Å². The molecule has 0 heterocycles. The number of aryl methyl sites for hydroxylation is 1. The Morgan fingerprint density at radius 1 is 1.31 bits per heavy atom. The maximum Gasteiger partial charge on any atom is 0.0974 e. The smallest absolute Gasteiger partial charge is 0.0974 e. The van der Waals surface area contributed by atoms with Crippen LogP contribution in [0.4, 0.5) is 0 Å². The molecule has 1 aromatic carbocycles. The normalized spacial score (nSPS) is 13.1. The van der Waals surface area contributed by atoms with Gasteiger partial charge in [0.25, 0.3) is 0 Å². The summed E-state index contributed by atoms with van der Waals surface area (Å²) in [6, 6.07) is 7.82. The molecule has 0 saturated heterocycles. The Balaban J connectivity index is 2.77. The van der Waals surface area contributed by atoms with E-state index in [1.165, 1.54) is 5.56 Å². The summed E-state index contributed by atoms with van der Waals surface area (Å²) in [5.41, 5.74) is 2.10. The van der Waals surface area contributed by atoms with Crippen LogP contribution in [-0.2, 0) is 0 Å². The molecule has 0 aromatic heterocycles. The quantitative estimate of drug-likeness (QED) is 0.698. The van der Waals surface area contributed by atoms with Crippen molar-refractivity contribution in [2.45, 2.75) is 13.0 Å². The molecule has 0 aliphatic rings. The van der Waals surface area contributed by atoms with Crippen LogP contribution < -0.4 is 0 Å². The van der Waals surface area contributed by atoms with E-state index in [4.69, 9.17) is 0 Å². The van der Waals surface area contributed by atoms with Crippen molar-refractivity contribution in [3.8, 4) is 0 Å². The third-order valence-electron chi connectivity index (χ3n) is 1.85.